The largest absolute Gasteiger partial charge is 0.396 e. The van der Waals surface area contributed by atoms with Crippen molar-refractivity contribution in [2.75, 3.05) is 33.5 Å². The molecule has 0 heterocycles. The van der Waals surface area contributed by atoms with E-state index >= 15 is 0 Å². The van der Waals surface area contributed by atoms with Crippen LogP contribution in [0.4, 0.5) is 8.78 Å². The van der Waals surface area contributed by atoms with E-state index in [9.17, 15) is 8.78 Å². The van der Waals surface area contributed by atoms with Crippen molar-refractivity contribution in [2.24, 2.45) is 0 Å². The van der Waals surface area contributed by atoms with E-state index in [4.69, 9.17) is 9.84 Å². The zero-order valence-electron chi connectivity index (χ0n) is 7.76. The van der Waals surface area contributed by atoms with E-state index in [-0.39, 0.29) is 13.0 Å². The van der Waals surface area contributed by atoms with Gasteiger partial charge in [0.2, 0.25) is 0 Å². The first kappa shape index (κ1) is 12.7. The summed E-state index contributed by atoms with van der Waals surface area (Å²) < 4.78 is 34.9. The van der Waals surface area contributed by atoms with Crippen LogP contribution in [0.15, 0.2) is 0 Å². The summed E-state index contributed by atoms with van der Waals surface area (Å²) in [6.07, 6.45) is -0.849. The van der Waals surface area contributed by atoms with Crippen LogP contribution in [0.3, 0.4) is 0 Å². The summed E-state index contributed by atoms with van der Waals surface area (Å²) in [4.78, 5) is 0. The molecule has 0 rings (SSSR count). The van der Waals surface area contributed by atoms with Crippen LogP contribution in [-0.4, -0.2) is 44.6 Å². The summed E-state index contributed by atoms with van der Waals surface area (Å²) in [7, 11) is 1.52. The molecule has 0 aliphatic carbocycles. The van der Waals surface area contributed by atoms with E-state index in [0.717, 1.165) is 0 Å². The van der Waals surface area contributed by atoms with Crippen LogP contribution >= 0.6 is 0 Å². The fraction of sp³-hybridized carbons (Fsp3) is 1.00. The van der Waals surface area contributed by atoms with Crippen LogP contribution in [0, 0.1) is 0 Å². The average Bonchev–Trinajstić information content (AvgIpc) is 2.04. The molecule has 0 aromatic rings. The molecule has 13 heavy (non-hydrogen) atoms. The van der Waals surface area contributed by atoms with Gasteiger partial charge in [-0.3, -0.25) is 0 Å². The van der Waals surface area contributed by atoms with E-state index in [1.54, 1.807) is 0 Å². The summed E-state index contributed by atoms with van der Waals surface area (Å²) in [5.41, 5.74) is 0. The second-order valence-electron chi connectivity index (χ2n) is 2.68. The maximum absolute atomic E-state index is 12.7. The Balaban J connectivity index is 3.29. The second kappa shape index (κ2) is 7.17. The highest BCUT2D eigenvalue weighted by Gasteiger charge is 2.27. The van der Waals surface area contributed by atoms with Gasteiger partial charge in [-0.1, -0.05) is 0 Å². The van der Waals surface area contributed by atoms with Gasteiger partial charge in [0.1, 0.15) is 0 Å². The number of methoxy groups -OCH3 is 1. The van der Waals surface area contributed by atoms with Crippen molar-refractivity contribution in [3.63, 3.8) is 0 Å². The fourth-order valence-corrected chi connectivity index (χ4v) is 0.754. The highest BCUT2D eigenvalue weighted by molar-refractivity contribution is 4.64. The normalized spacial score (nSPS) is 12.0. The summed E-state index contributed by atoms with van der Waals surface area (Å²) in [5, 5.41) is 8.30. The Hall–Kier alpha value is -0.260. The number of hydrogen-bond donors (Lipinski definition) is 1. The van der Waals surface area contributed by atoms with Gasteiger partial charge in [0.25, 0.3) is 5.92 Å². The van der Waals surface area contributed by atoms with Crippen LogP contribution in [-0.2, 0) is 9.47 Å². The van der Waals surface area contributed by atoms with Crippen molar-refractivity contribution >= 4 is 0 Å². The minimum atomic E-state index is -2.82. The van der Waals surface area contributed by atoms with E-state index in [0.29, 0.717) is 13.2 Å². The SMILES string of the molecule is COCCOCCC(F)(F)CCO. The molecule has 0 radical (unpaired) electrons. The number of rotatable bonds is 8. The molecule has 0 saturated heterocycles. The van der Waals surface area contributed by atoms with Gasteiger partial charge in [0.05, 0.1) is 19.8 Å². The van der Waals surface area contributed by atoms with Gasteiger partial charge in [0.15, 0.2) is 0 Å². The molecule has 0 bridgehead atoms. The summed E-state index contributed by atoms with van der Waals surface area (Å²) in [6, 6.07) is 0. The zero-order valence-corrected chi connectivity index (χ0v) is 7.76. The third-order valence-electron chi connectivity index (χ3n) is 1.52. The topological polar surface area (TPSA) is 38.7 Å². The van der Waals surface area contributed by atoms with Crippen LogP contribution in [0.1, 0.15) is 12.8 Å². The molecule has 0 aromatic carbocycles. The molecule has 3 nitrogen and oxygen atoms in total. The van der Waals surface area contributed by atoms with Crippen LogP contribution in [0.25, 0.3) is 0 Å². The van der Waals surface area contributed by atoms with Gasteiger partial charge in [0, 0.05) is 26.6 Å². The van der Waals surface area contributed by atoms with E-state index in [1.165, 1.54) is 7.11 Å². The quantitative estimate of drug-likeness (QED) is 0.593. The molecule has 0 unspecified atom stereocenters. The molecule has 0 atom stereocenters. The predicted octanol–water partition coefficient (Wildman–Crippen LogP) is 1.06. The summed E-state index contributed by atoms with van der Waals surface area (Å²) >= 11 is 0. The minimum absolute atomic E-state index is 0.00361. The number of alkyl halides is 2. The van der Waals surface area contributed by atoms with Crippen molar-refractivity contribution < 1.29 is 23.4 Å². The lowest BCUT2D eigenvalue weighted by atomic mass is 10.2. The first-order chi connectivity index (χ1) is 6.12. The van der Waals surface area contributed by atoms with Crippen LogP contribution < -0.4 is 0 Å². The highest BCUT2D eigenvalue weighted by Crippen LogP contribution is 2.21. The van der Waals surface area contributed by atoms with Crippen LogP contribution in [0.2, 0.25) is 0 Å². The smallest absolute Gasteiger partial charge is 0.252 e. The number of aliphatic hydroxyl groups is 1. The van der Waals surface area contributed by atoms with E-state index in [1.807, 2.05) is 0 Å². The van der Waals surface area contributed by atoms with Crippen molar-refractivity contribution in [3.05, 3.63) is 0 Å². The molecule has 0 amide bonds. The third kappa shape index (κ3) is 8.08. The van der Waals surface area contributed by atoms with Gasteiger partial charge in [-0.25, -0.2) is 8.78 Å². The van der Waals surface area contributed by atoms with Crippen molar-refractivity contribution in [2.45, 2.75) is 18.8 Å². The van der Waals surface area contributed by atoms with Gasteiger partial charge in [-0.2, -0.15) is 0 Å². The van der Waals surface area contributed by atoms with Gasteiger partial charge >= 0.3 is 0 Å². The standard InChI is InChI=1S/C8H16F2O3/c1-12-6-7-13-5-3-8(9,10)2-4-11/h11H,2-7H2,1H3. The van der Waals surface area contributed by atoms with Crippen LogP contribution in [0.5, 0.6) is 0 Å². The van der Waals surface area contributed by atoms with Gasteiger partial charge < -0.3 is 14.6 Å². The molecule has 1 N–H and O–H groups in total. The van der Waals surface area contributed by atoms with E-state index in [2.05, 4.69) is 4.74 Å². The summed E-state index contributed by atoms with van der Waals surface area (Å²) in [5.74, 6) is -2.82. The Morgan fingerprint density at radius 1 is 1.15 bits per heavy atom. The number of ether oxygens (including phenoxy) is 2. The molecule has 0 aliphatic rings. The Morgan fingerprint density at radius 3 is 2.38 bits per heavy atom. The number of aliphatic hydroxyl groups excluding tert-OH is 1. The van der Waals surface area contributed by atoms with Gasteiger partial charge in [-0.15, -0.1) is 0 Å². The number of halogens is 2. The molecule has 0 aromatic heterocycles. The van der Waals surface area contributed by atoms with Gasteiger partial charge in [-0.05, 0) is 0 Å². The maximum Gasteiger partial charge on any atom is 0.252 e. The Labute approximate surface area is 76.6 Å². The molecule has 0 fully saturated rings. The zero-order chi connectivity index (χ0) is 10.2. The molecular formula is C8H16F2O3. The fourth-order valence-electron chi connectivity index (χ4n) is 0.754. The monoisotopic (exact) mass is 198 g/mol. The molecule has 5 heteroatoms. The molecular weight excluding hydrogens is 182 g/mol. The second-order valence-corrected chi connectivity index (χ2v) is 2.68. The third-order valence-corrected chi connectivity index (χ3v) is 1.52. The predicted molar refractivity (Wildman–Crippen MR) is 44.0 cm³/mol. The minimum Gasteiger partial charge on any atom is -0.396 e. The van der Waals surface area contributed by atoms with Crippen molar-refractivity contribution in [3.8, 4) is 0 Å². The maximum atomic E-state index is 12.7. The molecule has 0 spiro atoms. The van der Waals surface area contributed by atoms with E-state index < -0.39 is 19.0 Å². The lowest BCUT2D eigenvalue weighted by Gasteiger charge is -2.14. The number of hydrogen-bond acceptors (Lipinski definition) is 3. The lowest BCUT2D eigenvalue weighted by molar-refractivity contribution is -0.0528. The first-order valence-electron chi connectivity index (χ1n) is 4.18. The first-order valence-corrected chi connectivity index (χ1v) is 4.18. The Bertz CT molecular complexity index is 120. The Kier molecular flexibility index (Phi) is 7.03. The lowest BCUT2D eigenvalue weighted by Crippen LogP contribution is -2.20. The van der Waals surface area contributed by atoms with Crippen molar-refractivity contribution in [1.29, 1.82) is 0 Å². The molecule has 0 aliphatic heterocycles. The van der Waals surface area contributed by atoms with Crippen molar-refractivity contribution in [1.82, 2.24) is 0 Å². The average molecular weight is 198 g/mol. The molecule has 80 valence electrons. The highest BCUT2D eigenvalue weighted by atomic mass is 19.3. The summed E-state index contributed by atoms with van der Waals surface area (Å²) in [6.45, 7) is 0.235. The Morgan fingerprint density at radius 2 is 1.85 bits per heavy atom. The molecule has 0 saturated carbocycles.